The number of phosphoric ester groups is 1. The van der Waals surface area contributed by atoms with Crippen molar-refractivity contribution >= 4 is 19.6 Å². The number of phosphoric acid groups is 1. The molecule has 0 aromatic heterocycles. The van der Waals surface area contributed by atoms with Gasteiger partial charge in [-0.15, -0.1) is 0 Å². The lowest BCUT2D eigenvalue weighted by molar-refractivity contribution is -0.169. The summed E-state index contributed by atoms with van der Waals surface area (Å²) >= 11 is 0. The number of fused-ring (bicyclic) bond motifs is 1. The Bertz CT molecular complexity index is 580. The van der Waals surface area contributed by atoms with Gasteiger partial charge in [-0.05, 0) is 38.7 Å². The molecule has 0 bridgehead atoms. The van der Waals surface area contributed by atoms with Gasteiger partial charge in [-0.1, -0.05) is 6.92 Å². The monoisotopic (exact) mass is 374 g/mol. The van der Waals surface area contributed by atoms with E-state index in [1.165, 1.54) is 7.11 Å². The molecule has 142 valence electrons. The number of hydrogen-bond acceptors (Lipinski definition) is 7. The molecule has 7 nitrogen and oxygen atoms in total. The van der Waals surface area contributed by atoms with Crippen molar-refractivity contribution in [3.8, 4) is 0 Å². The average Bonchev–Trinajstić information content (AvgIpc) is 2.54. The number of methoxy groups -OCH3 is 1. The van der Waals surface area contributed by atoms with Crippen LogP contribution in [0.4, 0.5) is 0 Å². The number of carbonyl (C=O) groups is 2. The van der Waals surface area contributed by atoms with Gasteiger partial charge in [-0.3, -0.25) is 18.6 Å². The first-order valence-electron chi connectivity index (χ1n) is 8.75. The van der Waals surface area contributed by atoms with E-state index < -0.39 is 25.1 Å². The lowest BCUT2D eigenvalue weighted by atomic mass is 9.56. The molecule has 1 fully saturated rings. The van der Waals surface area contributed by atoms with Gasteiger partial charge >= 0.3 is 13.8 Å². The second kappa shape index (κ2) is 8.02. The quantitative estimate of drug-likeness (QED) is 0.382. The molecule has 0 spiro atoms. The molecule has 0 aromatic carbocycles. The summed E-state index contributed by atoms with van der Waals surface area (Å²) in [6.45, 7) is 5.58. The number of rotatable bonds is 7. The van der Waals surface area contributed by atoms with Crippen LogP contribution in [0.25, 0.3) is 0 Å². The van der Waals surface area contributed by atoms with Crippen molar-refractivity contribution < 1.29 is 32.5 Å². The van der Waals surface area contributed by atoms with Gasteiger partial charge in [0.15, 0.2) is 5.78 Å². The summed E-state index contributed by atoms with van der Waals surface area (Å²) in [4.78, 5) is 25.2. The van der Waals surface area contributed by atoms with Gasteiger partial charge in [0.25, 0.3) is 0 Å². The zero-order valence-corrected chi connectivity index (χ0v) is 16.2. The number of allylic oxidation sites excluding steroid dienone is 2. The zero-order valence-electron chi connectivity index (χ0n) is 15.3. The van der Waals surface area contributed by atoms with Crippen LogP contribution in [0.1, 0.15) is 46.5 Å². The van der Waals surface area contributed by atoms with E-state index in [0.717, 1.165) is 6.42 Å². The number of carbonyl (C=O) groups excluding carboxylic acids is 2. The highest BCUT2D eigenvalue weighted by Crippen LogP contribution is 2.57. The van der Waals surface area contributed by atoms with Crippen molar-refractivity contribution in [2.24, 2.45) is 17.3 Å². The average molecular weight is 374 g/mol. The summed E-state index contributed by atoms with van der Waals surface area (Å²) in [7, 11) is -2.40. The first kappa shape index (κ1) is 20.1. The summed E-state index contributed by atoms with van der Waals surface area (Å²) in [6.07, 6.45) is 3.81. The smallest absolute Gasteiger partial charge is 0.468 e. The molecular formula is C17H27O7P. The minimum Gasteiger partial charge on any atom is -0.468 e. The molecule has 2 rings (SSSR count). The number of ether oxygens (including phenoxy) is 1. The molecule has 0 amide bonds. The standard InChI is InChI=1S/C17H27O7P/c1-5-22-25(20,23-6-2)24-14-10-12(3)17(16(19)21-4)13(11-14)8-7-9-15(17)18/h10,12-13H,5-9,11H2,1-4H3/t12-,13-,17-/m0/s1. The van der Waals surface area contributed by atoms with Crippen molar-refractivity contribution in [1.82, 2.24) is 0 Å². The van der Waals surface area contributed by atoms with Crippen molar-refractivity contribution in [2.45, 2.75) is 46.5 Å². The predicted molar refractivity (Wildman–Crippen MR) is 90.6 cm³/mol. The normalized spacial score (nSPS) is 29.6. The minimum atomic E-state index is -3.70. The van der Waals surface area contributed by atoms with Crippen molar-refractivity contribution in [3.05, 3.63) is 11.8 Å². The van der Waals surface area contributed by atoms with Crippen LogP contribution in [-0.4, -0.2) is 32.1 Å². The Labute approximate surface area is 148 Å². The fourth-order valence-electron chi connectivity index (χ4n) is 4.03. The van der Waals surface area contributed by atoms with E-state index in [2.05, 4.69) is 0 Å². The van der Waals surface area contributed by atoms with E-state index in [4.69, 9.17) is 18.3 Å². The topological polar surface area (TPSA) is 88.1 Å². The van der Waals surface area contributed by atoms with Gasteiger partial charge in [0, 0.05) is 18.8 Å². The second-order valence-electron chi connectivity index (χ2n) is 6.37. The molecule has 1 saturated carbocycles. The summed E-state index contributed by atoms with van der Waals surface area (Å²) in [5, 5.41) is 0. The molecule has 0 heterocycles. The summed E-state index contributed by atoms with van der Waals surface area (Å²) in [5.74, 6) is -0.804. The van der Waals surface area contributed by atoms with Gasteiger partial charge in [-0.25, -0.2) is 4.57 Å². The molecule has 0 radical (unpaired) electrons. The maximum atomic E-state index is 12.7. The van der Waals surface area contributed by atoms with Crippen LogP contribution in [0.2, 0.25) is 0 Å². The van der Waals surface area contributed by atoms with Crippen LogP contribution in [0.3, 0.4) is 0 Å². The number of hydrogen-bond donors (Lipinski definition) is 0. The lowest BCUT2D eigenvalue weighted by Gasteiger charge is -2.46. The van der Waals surface area contributed by atoms with Gasteiger partial charge in [0.2, 0.25) is 0 Å². The largest absolute Gasteiger partial charge is 0.529 e. The Morgan fingerprint density at radius 1 is 1.32 bits per heavy atom. The third-order valence-electron chi connectivity index (χ3n) is 4.99. The highest BCUT2D eigenvalue weighted by Gasteiger charge is 2.59. The fraction of sp³-hybridized carbons (Fsp3) is 0.765. The zero-order chi connectivity index (χ0) is 18.7. The Kier molecular flexibility index (Phi) is 6.46. The van der Waals surface area contributed by atoms with Crippen LogP contribution in [0.15, 0.2) is 11.8 Å². The van der Waals surface area contributed by atoms with Crippen LogP contribution < -0.4 is 0 Å². The molecule has 0 unspecified atom stereocenters. The molecule has 0 aliphatic heterocycles. The van der Waals surface area contributed by atoms with Crippen LogP contribution in [0.5, 0.6) is 0 Å². The van der Waals surface area contributed by atoms with E-state index >= 15 is 0 Å². The van der Waals surface area contributed by atoms with Gasteiger partial charge in [0.05, 0.1) is 20.3 Å². The molecular weight excluding hydrogens is 347 g/mol. The Morgan fingerprint density at radius 3 is 2.52 bits per heavy atom. The van der Waals surface area contributed by atoms with E-state index in [0.29, 0.717) is 25.0 Å². The van der Waals surface area contributed by atoms with E-state index in [9.17, 15) is 14.2 Å². The van der Waals surface area contributed by atoms with E-state index in [1.54, 1.807) is 26.8 Å². The second-order valence-corrected chi connectivity index (χ2v) is 7.97. The van der Waals surface area contributed by atoms with E-state index in [1.807, 2.05) is 0 Å². The molecule has 8 heteroatoms. The van der Waals surface area contributed by atoms with Crippen molar-refractivity contribution in [1.29, 1.82) is 0 Å². The van der Waals surface area contributed by atoms with Gasteiger partial charge < -0.3 is 9.26 Å². The number of ketones is 1. The third kappa shape index (κ3) is 3.69. The van der Waals surface area contributed by atoms with Gasteiger partial charge in [0.1, 0.15) is 11.2 Å². The summed E-state index contributed by atoms with van der Waals surface area (Å²) < 4.78 is 33.5. The van der Waals surface area contributed by atoms with Gasteiger partial charge in [-0.2, -0.15) is 0 Å². The first-order chi connectivity index (χ1) is 11.8. The fourth-order valence-corrected chi connectivity index (χ4v) is 5.27. The Morgan fingerprint density at radius 2 is 1.96 bits per heavy atom. The van der Waals surface area contributed by atoms with Crippen molar-refractivity contribution in [3.63, 3.8) is 0 Å². The molecule has 3 atom stereocenters. The molecule has 2 aliphatic carbocycles. The highest BCUT2D eigenvalue weighted by molar-refractivity contribution is 7.48. The SMILES string of the molecule is CCOP(=O)(OCC)OC1=C[C@H](C)[C@@]2(C(=O)OC)C(=O)CCC[C@H]2C1. The number of esters is 1. The third-order valence-corrected chi connectivity index (χ3v) is 6.60. The molecule has 2 aliphatic rings. The summed E-state index contributed by atoms with van der Waals surface area (Å²) in [6, 6.07) is 0. The van der Waals surface area contributed by atoms with Crippen LogP contribution >= 0.6 is 7.82 Å². The Balaban J connectivity index is 2.34. The van der Waals surface area contributed by atoms with Crippen LogP contribution in [-0.2, 0) is 32.5 Å². The number of Topliss-reactive ketones (excluding diaryl/α,β-unsaturated/α-hetero) is 1. The predicted octanol–water partition coefficient (Wildman–Crippen LogP) is 3.64. The molecule has 0 saturated heterocycles. The van der Waals surface area contributed by atoms with E-state index in [-0.39, 0.29) is 24.9 Å². The molecule has 25 heavy (non-hydrogen) atoms. The summed E-state index contributed by atoms with van der Waals surface area (Å²) in [5.41, 5.74) is -1.18. The molecule has 0 aromatic rings. The first-order valence-corrected chi connectivity index (χ1v) is 10.2. The Hall–Kier alpha value is -1.17. The molecule has 0 N–H and O–H groups in total. The minimum absolute atomic E-state index is 0.0869. The lowest BCUT2D eigenvalue weighted by Crippen LogP contribution is -2.54. The van der Waals surface area contributed by atoms with Crippen LogP contribution in [0, 0.1) is 17.3 Å². The highest BCUT2D eigenvalue weighted by atomic mass is 31.2. The van der Waals surface area contributed by atoms with Crippen molar-refractivity contribution in [2.75, 3.05) is 20.3 Å². The maximum absolute atomic E-state index is 12.7. The maximum Gasteiger partial charge on any atom is 0.529 e.